The third kappa shape index (κ3) is 2.42. The average molecular weight is 281 g/mol. The van der Waals surface area contributed by atoms with Gasteiger partial charge in [-0.05, 0) is 36.4 Å². The van der Waals surface area contributed by atoms with Crippen LogP contribution in [-0.2, 0) is 0 Å². The lowest BCUT2D eigenvalue weighted by atomic mass is 10.0. The number of anilines is 2. The summed E-state index contributed by atoms with van der Waals surface area (Å²) in [5.41, 5.74) is 12.8. The van der Waals surface area contributed by atoms with Crippen LogP contribution in [0.2, 0.25) is 10.0 Å². The molecule has 0 aliphatic heterocycles. The third-order valence-electron chi connectivity index (χ3n) is 2.49. The number of rotatable bonds is 2. The Hall–Kier alpha value is -1.71. The van der Waals surface area contributed by atoms with Gasteiger partial charge < -0.3 is 11.5 Å². The fraction of sp³-hybridized carbons (Fsp3) is 0. The molecule has 2 aromatic carbocycles. The monoisotopic (exact) mass is 280 g/mol. The Labute approximate surface area is 114 Å². The van der Waals surface area contributed by atoms with E-state index < -0.39 is 0 Å². The second-order valence-corrected chi connectivity index (χ2v) is 4.64. The lowest BCUT2D eigenvalue weighted by molar-refractivity contribution is 0.104. The molecule has 3 nitrogen and oxygen atoms in total. The first-order valence-corrected chi connectivity index (χ1v) is 5.89. The number of carbonyl (C=O) groups is 1. The van der Waals surface area contributed by atoms with Gasteiger partial charge in [0.1, 0.15) is 0 Å². The minimum Gasteiger partial charge on any atom is -0.399 e. The second kappa shape index (κ2) is 4.88. The van der Waals surface area contributed by atoms with Crippen molar-refractivity contribution in [1.82, 2.24) is 0 Å². The zero-order valence-corrected chi connectivity index (χ0v) is 10.8. The Morgan fingerprint density at radius 2 is 1.67 bits per heavy atom. The molecule has 0 unspecified atom stereocenters. The molecule has 92 valence electrons. The number of halogens is 2. The number of benzene rings is 2. The largest absolute Gasteiger partial charge is 0.399 e. The quantitative estimate of drug-likeness (QED) is 0.654. The van der Waals surface area contributed by atoms with E-state index in [1.54, 1.807) is 24.3 Å². The van der Waals surface area contributed by atoms with Crippen LogP contribution in [-0.4, -0.2) is 5.78 Å². The molecule has 2 aromatic rings. The highest BCUT2D eigenvalue weighted by molar-refractivity contribution is 6.37. The first-order valence-electron chi connectivity index (χ1n) is 5.14. The maximum Gasteiger partial charge on any atom is 0.196 e. The maximum absolute atomic E-state index is 12.3. The van der Waals surface area contributed by atoms with Gasteiger partial charge in [-0.2, -0.15) is 0 Å². The molecule has 0 aromatic heterocycles. The van der Waals surface area contributed by atoms with E-state index >= 15 is 0 Å². The van der Waals surface area contributed by atoms with E-state index in [9.17, 15) is 4.79 Å². The van der Waals surface area contributed by atoms with Crippen LogP contribution in [0, 0.1) is 0 Å². The predicted molar refractivity (Wildman–Crippen MR) is 75.2 cm³/mol. The molecule has 0 spiro atoms. The lowest BCUT2D eigenvalue weighted by Crippen LogP contribution is -2.06. The van der Waals surface area contributed by atoms with Crippen LogP contribution in [0.1, 0.15) is 15.9 Å². The highest BCUT2D eigenvalue weighted by Gasteiger charge is 2.16. The summed E-state index contributed by atoms with van der Waals surface area (Å²) in [5.74, 6) is -0.278. The first-order chi connectivity index (χ1) is 8.49. The van der Waals surface area contributed by atoms with E-state index in [1.165, 1.54) is 12.1 Å². The van der Waals surface area contributed by atoms with Crippen molar-refractivity contribution in [2.45, 2.75) is 0 Å². The second-order valence-electron chi connectivity index (χ2n) is 3.80. The third-order valence-corrected chi connectivity index (χ3v) is 3.06. The normalized spacial score (nSPS) is 10.3. The van der Waals surface area contributed by atoms with E-state index in [-0.39, 0.29) is 5.78 Å². The first kappa shape index (κ1) is 12.7. The number of hydrogen-bond donors (Lipinski definition) is 2. The molecule has 0 heterocycles. The average Bonchev–Trinajstić information content (AvgIpc) is 2.31. The number of ketones is 1. The van der Waals surface area contributed by atoms with Crippen molar-refractivity contribution in [3.8, 4) is 0 Å². The highest BCUT2D eigenvalue weighted by Crippen LogP contribution is 2.26. The molecule has 5 heteroatoms. The Balaban J connectivity index is 2.51. The topological polar surface area (TPSA) is 69.1 Å². The van der Waals surface area contributed by atoms with Crippen LogP contribution < -0.4 is 11.5 Å². The van der Waals surface area contributed by atoms with Gasteiger partial charge in [-0.3, -0.25) is 4.79 Å². The molecule has 0 amide bonds. The fourth-order valence-electron chi connectivity index (χ4n) is 1.60. The molecule has 0 saturated heterocycles. The summed E-state index contributed by atoms with van der Waals surface area (Å²) in [7, 11) is 0. The van der Waals surface area contributed by atoms with Gasteiger partial charge in [-0.25, -0.2) is 0 Å². The Morgan fingerprint density at radius 1 is 0.944 bits per heavy atom. The van der Waals surface area contributed by atoms with Crippen LogP contribution in [0.25, 0.3) is 0 Å². The van der Waals surface area contributed by atoms with Gasteiger partial charge in [0.05, 0.1) is 5.02 Å². The maximum atomic E-state index is 12.3. The zero-order chi connectivity index (χ0) is 13.3. The summed E-state index contributed by atoms with van der Waals surface area (Å²) < 4.78 is 0. The molecule has 0 atom stereocenters. The van der Waals surface area contributed by atoms with Gasteiger partial charge in [0.2, 0.25) is 0 Å². The van der Waals surface area contributed by atoms with E-state index in [2.05, 4.69) is 0 Å². The molecule has 0 aliphatic carbocycles. The molecule has 0 saturated carbocycles. The van der Waals surface area contributed by atoms with Gasteiger partial charge in [0.15, 0.2) is 5.78 Å². The molecular formula is C13H10Cl2N2O. The van der Waals surface area contributed by atoms with Gasteiger partial charge in [0.25, 0.3) is 0 Å². The van der Waals surface area contributed by atoms with Crippen molar-refractivity contribution in [3.63, 3.8) is 0 Å². The molecule has 0 bridgehead atoms. The number of nitrogen functional groups attached to an aromatic ring is 2. The van der Waals surface area contributed by atoms with Crippen molar-refractivity contribution in [3.05, 3.63) is 57.6 Å². The highest BCUT2D eigenvalue weighted by atomic mass is 35.5. The van der Waals surface area contributed by atoms with E-state index in [0.717, 1.165) is 0 Å². The van der Waals surface area contributed by atoms with Crippen LogP contribution in [0.3, 0.4) is 0 Å². The molecule has 2 rings (SSSR count). The SMILES string of the molecule is Nc1ccc(C(=O)c2cc(Cl)ccc2Cl)c(N)c1. The molecular weight excluding hydrogens is 271 g/mol. The number of nitrogens with two attached hydrogens (primary N) is 2. The van der Waals surface area contributed by atoms with Crippen molar-refractivity contribution in [2.24, 2.45) is 0 Å². The van der Waals surface area contributed by atoms with Gasteiger partial charge in [-0.1, -0.05) is 23.2 Å². The van der Waals surface area contributed by atoms with Crippen LogP contribution in [0.4, 0.5) is 11.4 Å². The smallest absolute Gasteiger partial charge is 0.196 e. The van der Waals surface area contributed by atoms with E-state index in [4.69, 9.17) is 34.7 Å². The minimum absolute atomic E-state index is 0.278. The minimum atomic E-state index is -0.278. The van der Waals surface area contributed by atoms with Crippen LogP contribution >= 0.6 is 23.2 Å². The van der Waals surface area contributed by atoms with E-state index in [0.29, 0.717) is 32.5 Å². The molecule has 0 fully saturated rings. The van der Waals surface area contributed by atoms with Gasteiger partial charge >= 0.3 is 0 Å². The molecule has 0 aliphatic rings. The van der Waals surface area contributed by atoms with Gasteiger partial charge in [0, 0.05) is 27.5 Å². The van der Waals surface area contributed by atoms with Crippen molar-refractivity contribution in [1.29, 1.82) is 0 Å². The van der Waals surface area contributed by atoms with Crippen LogP contribution in [0.15, 0.2) is 36.4 Å². The molecule has 4 N–H and O–H groups in total. The summed E-state index contributed by atoms with van der Waals surface area (Å²) >= 11 is 11.8. The van der Waals surface area contributed by atoms with Gasteiger partial charge in [-0.15, -0.1) is 0 Å². The Kier molecular flexibility index (Phi) is 3.45. The number of hydrogen-bond acceptors (Lipinski definition) is 3. The number of carbonyl (C=O) groups excluding carboxylic acids is 1. The molecule has 0 radical (unpaired) electrons. The molecule has 18 heavy (non-hydrogen) atoms. The summed E-state index contributed by atoms with van der Waals surface area (Å²) in [5, 5.41) is 0.775. The Bertz CT molecular complexity index is 626. The van der Waals surface area contributed by atoms with Crippen molar-refractivity contribution < 1.29 is 4.79 Å². The summed E-state index contributed by atoms with van der Waals surface area (Å²) in [6.45, 7) is 0. The Morgan fingerprint density at radius 3 is 2.33 bits per heavy atom. The summed E-state index contributed by atoms with van der Waals surface area (Å²) in [6, 6.07) is 9.43. The lowest BCUT2D eigenvalue weighted by Gasteiger charge is -2.07. The summed E-state index contributed by atoms with van der Waals surface area (Å²) in [4.78, 5) is 12.3. The van der Waals surface area contributed by atoms with Crippen molar-refractivity contribution >= 4 is 40.4 Å². The fourth-order valence-corrected chi connectivity index (χ4v) is 1.98. The standard InChI is InChI=1S/C13H10Cl2N2O/c14-7-1-4-11(15)10(5-7)13(18)9-3-2-8(16)6-12(9)17/h1-6H,16-17H2. The van der Waals surface area contributed by atoms with Crippen molar-refractivity contribution in [2.75, 3.05) is 11.5 Å². The predicted octanol–water partition coefficient (Wildman–Crippen LogP) is 3.39. The zero-order valence-electron chi connectivity index (χ0n) is 9.28. The van der Waals surface area contributed by atoms with E-state index in [1.807, 2.05) is 0 Å². The summed E-state index contributed by atoms with van der Waals surface area (Å²) in [6.07, 6.45) is 0. The van der Waals surface area contributed by atoms with Crippen LogP contribution in [0.5, 0.6) is 0 Å².